The number of pyridine rings is 1. The summed E-state index contributed by atoms with van der Waals surface area (Å²) in [7, 11) is 1.51. The molecule has 1 aromatic heterocycles. The summed E-state index contributed by atoms with van der Waals surface area (Å²) in [6, 6.07) is 6.38. The van der Waals surface area contributed by atoms with Gasteiger partial charge in [0, 0.05) is 11.6 Å². The maximum Gasteiger partial charge on any atom is 0.143 e. The van der Waals surface area contributed by atoms with Crippen LogP contribution in [0.4, 0.5) is 10.1 Å². The average Bonchev–Trinajstić information content (AvgIpc) is 2.42. The summed E-state index contributed by atoms with van der Waals surface area (Å²) in [4.78, 5) is 4.02. The molecule has 0 radical (unpaired) electrons. The van der Waals surface area contributed by atoms with Gasteiger partial charge < -0.3 is 10.1 Å². The van der Waals surface area contributed by atoms with Crippen LogP contribution in [0.25, 0.3) is 0 Å². The third-order valence-corrected chi connectivity index (χ3v) is 3.99. The van der Waals surface area contributed by atoms with Crippen molar-refractivity contribution in [3.05, 3.63) is 51.5 Å². The first-order valence-corrected chi connectivity index (χ1v) is 7.09. The lowest BCUT2D eigenvalue weighted by molar-refractivity contribution is 0.410. The molecule has 0 aliphatic carbocycles. The van der Waals surface area contributed by atoms with Crippen molar-refractivity contribution in [1.29, 1.82) is 0 Å². The second-order valence-electron chi connectivity index (χ2n) is 4.25. The third kappa shape index (κ3) is 3.41. The second-order valence-corrected chi connectivity index (χ2v) is 5.46. The number of nitrogens with zero attached hydrogens (tertiary/aromatic N) is 1. The van der Waals surface area contributed by atoms with Crippen molar-refractivity contribution in [2.45, 2.75) is 13.0 Å². The molecule has 2 rings (SSSR count). The lowest BCUT2D eigenvalue weighted by atomic mass is 10.1. The molecule has 1 aromatic carbocycles. The highest BCUT2D eigenvalue weighted by Gasteiger charge is 2.12. The Bertz CT molecular complexity index is 624. The molecular weight excluding hydrogens is 347 g/mol. The number of hydrogen-bond donors (Lipinski definition) is 1. The second kappa shape index (κ2) is 6.41. The summed E-state index contributed by atoms with van der Waals surface area (Å²) in [5, 5.41) is 3.56. The molecule has 2 aromatic rings. The van der Waals surface area contributed by atoms with Gasteiger partial charge in [-0.1, -0.05) is 17.7 Å². The molecule has 0 bridgehead atoms. The highest BCUT2D eigenvalue weighted by molar-refractivity contribution is 9.10. The summed E-state index contributed by atoms with van der Waals surface area (Å²) >= 11 is 9.13. The number of aromatic nitrogens is 1. The van der Waals surface area contributed by atoms with Crippen LogP contribution in [0.3, 0.4) is 0 Å². The molecule has 1 unspecified atom stereocenters. The van der Waals surface area contributed by atoms with E-state index in [0.717, 1.165) is 5.69 Å². The number of rotatable bonds is 4. The van der Waals surface area contributed by atoms with E-state index in [1.54, 1.807) is 24.4 Å². The van der Waals surface area contributed by atoms with Crippen molar-refractivity contribution >= 4 is 33.2 Å². The summed E-state index contributed by atoms with van der Waals surface area (Å²) in [5.41, 5.74) is 1.31. The number of halogens is 3. The van der Waals surface area contributed by atoms with Gasteiger partial charge >= 0.3 is 0 Å². The third-order valence-electron chi connectivity index (χ3n) is 2.85. The lowest BCUT2D eigenvalue weighted by Crippen LogP contribution is -2.09. The van der Waals surface area contributed by atoms with Crippen molar-refractivity contribution in [3.8, 4) is 5.75 Å². The normalized spacial score (nSPS) is 12.1. The van der Waals surface area contributed by atoms with Crippen molar-refractivity contribution in [1.82, 2.24) is 4.98 Å². The molecular formula is C14H13BrClFN2O. The molecule has 0 aliphatic rings. The SMILES string of the molecule is COc1ccc(C(C)Nc2cnc(Cl)c(Br)c2)c(F)c1. The van der Waals surface area contributed by atoms with Crippen LogP contribution in [0.2, 0.25) is 5.15 Å². The van der Waals surface area contributed by atoms with Crippen LogP contribution in [-0.2, 0) is 0 Å². The molecule has 1 heterocycles. The van der Waals surface area contributed by atoms with E-state index in [-0.39, 0.29) is 11.9 Å². The highest BCUT2D eigenvalue weighted by atomic mass is 79.9. The van der Waals surface area contributed by atoms with E-state index in [2.05, 4.69) is 26.2 Å². The zero-order chi connectivity index (χ0) is 14.7. The number of ether oxygens (including phenoxy) is 1. The minimum absolute atomic E-state index is 0.212. The van der Waals surface area contributed by atoms with Gasteiger partial charge in [-0.25, -0.2) is 9.37 Å². The maximum absolute atomic E-state index is 14.0. The first-order chi connectivity index (χ1) is 9.51. The zero-order valence-electron chi connectivity index (χ0n) is 11.0. The number of nitrogens with one attached hydrogen (secondary N) is 1. The van der Waals surface area contributed by atoms with E-state index in [1.807, 2.05) is 6.92 Å². The summed E-state index contributed by atoms with van der Waals surface area (Å²) in [5.74, 6) is 0.180. The summed E-state index contributed by atoms with van der Waals surface area (Å²) in [6.07, 6.45) is 1.60. The Morgan fingerprint density at radius 2 is 2.15 bits per heavy atom. The van der Waals surface area contributed by atoms with E-state index < -0.39 is 0 Å². The van der Waals surface area contributed by atoms with Crippen LogP contribution >= 0.6 is 27.5 Å². The number of benzene rings is 1. The minimum atomic E-state index is -0.315. The molecule has 0 saturated carbocycles. The first-order valence-electron chi connectivity index (χ1n) is 5.92. The zero-order valence-corrected chi connectivity index (χ0v) is 13.3. The van der Waals surface area contributed by atoms with Crippen LogP contribution in [0.15, 0.2) is 34.9 Å². The van der Waals surface area contributed by atoms with Gasteiger partial charge in [-0.15, -0.1) is 0 Å². The summed E-state index contributed by atoms with van der Waals surface area (Å²) < 4.78 is 19.6. The largest absolute Gasteiger partial charge is 0.497 e. The molecule has 0 amide bonds. The van der Waals surface area contributed by atoms with Crippen LogP contribution in [0.5, 0.6) is 5.75 Å². The van der Waals surface area contributed by atoms with Gasteiger partial charge in [0.1, 0.15) is 16.7 Å². The van der Waals surface area contributed by atoms with Gasteiger partial charge in [0.25, 0.3) is 0 Å². The van der Waals surface area contributed by atoms with Crippen molar-refractivity contribution in [3.63, 3.8) is 0 Å². The van der Waals surface area contributed by atoms with Crippen LogP contribution in [0.1, 0.15) is 18.5 Å². The molecule has 0 fully saturated rings. The number of anilines is 1. The van der Waals surface area contributed by atoms with Gasteiger partial charge in [0.05, 0.1) is 29.5 Å². The Kier molecular flexibility index (Phi) is 4.83. The fourth-order valence-electron chi connectivity index (χ4n) is 1.81. The summed E-state index contributed by atoms with van der Waals surface area (Å²) in [6.45, 7) is 1.87. The van der Waals surface area contributed by atoms with Crippen molar-refractivity contribution < 1.29 is 9.13 Å². The quantitative estimate of drug-likeness (QED) is 0.795. The molecule has 1 atom stereocenters. The lowest BCUT2D eigenvalue weighted by Gasteiger charge is -2.17. The van der Waals surface area contributed by atoms with Crippen LogP contribution in [0, 0.1) is 5.82 Å². The van der Waals surface area contributed by atoms with Crippen molar-refractivity contribution in [2.75, 3.05) is 12.4 Å². The standard InChI is InChI=1S/C14H13BrClFN2O/c1-8(11-4-3-10(20-2)6-13(11)17)19-9-5-12(15)14(16)18-7-9/h3-8,19H,1-2H3. The Morgan fingerprint density at radius 3 is 2.75 bits per heavy atom. The van der Waals surface area contributed by atoms with E-state index in [0.29, 0.717) is 20.9 Å². The molecule has 6 heteroatoms. The van der Waals surface area contributed by atoms with Gasteiger partial charge in [0.2, 0.25) is 0 Å². The van der Waals surface area contributed by atoms with E-state index in [9.17, 15) is 4.39 Å². The Labute approximate surface area is 130 Å². The van der Waals surface area contributed by atoms with Gasteiger partial charge in [-0.2, -0.15) is 0 Å². The molecule has 3 nitrogen and oxygen atoms in total. The first kappa shape index (κ1) is 15.1. The van der Waals surface area contributed by atoms with Crippen LogP contribution < -0.4 is 10.1 Å². The van der Waals surface area contributed by atoms with Gasteiger partial charge in [-0.05, 0) is 35.0 Å². The molecule has 1 N–H and O–H groups in total. The topological polar surface area (TPSA) is 34.1 Å². The van der Waals surface area contributed by atoms with Gasteiger partial charge in [0.15, 0.2) is 0 Å². The van der Waals surface area contributed by atoms with Gasteiger partial charge in [-0.3, -0.25) is 0 Å². The van der Waals surface area contributed by atoms with Crippen molar-refractivity contribution in [2.24, 2.45) is 0 Å². The molecule has 20 heavy (non-hydrogen) atoms. The Balaban J connectivity index is 2.19. The predicted molar refractivity (Wildman–Crippen MR) is 81.9 cm³/mol. The molecule has 0 spiro atoms. The maximum atomic E-state index is 14.0. The van der Waals surface area contributed by atoms with E-state index in [1.165, 1.54) is 13.2 Å². The van der Waals surface area contributed by atoms with E-state index in [4.69, 9.17) is 16.3 Å². The molecule has 106 valence electrons. The Hall–Kier alpha value is -1.33. The number of methoxy groups -OCH3 is 1. The Morgan fingerprint density at radius 1 is 1.40 bits per heavy atom. The fraction of sp³-hybridized carbons (Fsp3) is 0.214. The smallest absolute Gasteiger partial charge is 0.143 e. The monoisotopic (exact) mass is 358 g/mol. The fourth-order valence-corrected chi connectivity index (χ4v) is 2.27. The predicted octanol–water partition coefficient (Wildman–Crippen LogP) is 4.82. The minimum Gasteiger partial charge on any atom is -0.497 e. The van der Waals surface area contributed by atoms with Crippen LogP contribution in [-0.4, -0.2) is 12.1 Å². The average molecular weight is 360 g/mol. The molecule has 0 saturated heterocycles. The highest BCUT2D eigenvalue weighted by Crippen LogP contribution is 2.27. The molecule has 0 aliphatic heterocycles. The van der Waals surface area contributed by atoms with E-state index >= 15 is 0 Å². The number of hydrogen-bond acceptors (Lipinski definition) is 3.